The fourth-order valence-corrected chi connectivity index (χ4v) is 5.34. The van der Waals surface area contributed by atoms with Gasteiger partial charge < -0.3 is 5.11 Å². The Bertz CT molecular complexity index is 692. The average molecular weight is 333 g/mol. The molecule has 0 amide bonds. The lowest BCUT2D eigenvalue weighted by molar-refractivity contribution is 0.0910. The summed E-state index contributed by atoms with van der Waals surface area (Å²) >= 11 is 3.22. The van der Waals surface area contributed by atoms with Crippen LogP contribution in [-0.2, 0) is 6.42 Å². The monoisotopic (exact) mass is 333 g/mol. The maximum Gasteiger partial charge on any atom is 0.165 e. The zero-order valence-electron chi connectivity index (χ0n) is 12.8. The highest BCUT2D eigenvalue weighted by molar-refractivity contribution is 8.01. The highest BCUT2D eigenvalue weighted by atomic mass is 32.2. The standard InChI is InChI=1S/C17H19NO2S2/c1-17(2)9-11-14(13(20)10-17)16(21-8-7-19)22-15(11)12-5-3-4-6-18-12/h3-6,19H,7-10H2,1-2H3. The number of aromatic nitrogens is 1. The molecule has 3 rings (SSSR count). The number of ketones is 1. The van der Waals surface area contributed by atoms with Crippen molar-refractivity contribution in [1.29, 1.82) is 0 Å². The second-order valence-corrected chi connectivity index (χ2v) is 8.68. The van der Waals surface area contributed by atoms with Crippen LogP contribution in [0.2, 0.25) is 0 Å². The number of Topliss-reactive ketones (excluding diaryl/α,β-unsaturated/α-hetero) is 1. The van der Waals surface area contributed by atoms with Gasteiger partial charge in [-0.3, -0.25) is 9.78 Å². The topological polar surface area (TPSA) is 50.2 Å². The Labute approximate surface area is 138 Å². The molecule has 0 saturated heterocycles. The normalized spacial score (nSPS) is 16.6. The van der Waals surface area contributed by atoms with Gasteiger partial charge in [-0.1, -0.05) is 19.9 Å². The van der Waals surface area contributed by atoms with Crippen molar-refractivity contribution in [2.24, 2.45) is 5.41 Å². The van der Waals surface area contributed by atoms with Gasteiger partial charge in [-0.25, -0.2) is 0 Å². The summed E-state index contributed by atoms with van der Waals surface area (Å²) in [5.74, 6) is 0.843. The summed E-state index contributed by atoms with van der Waals surface area (Å²) in [4.78, 5) is 18.2. The molecule has 0 unspecified atom stereocenters. The molecule has 5 heteroatoms. The summed E-state index contributed by atoms with van der Waals surface area (Å²) in [5, 5.41) is 9.09. The summed E-state index contributed by atoms with van der Waals surface area (Å²) in [6.45, 7) is 4.42. The third-order valence-electron chi connectivity index (χ3n) is 3.77. The highest BCUT2D eigenvalue weighted by Crippen LogP contribution is 2.48. The van der Waals surface area contributed by atoms with E-state index in [9.17, 15) is 4.79 Å². The van der Waals surface area contributed by atoms with Crippen LogP contribution < -0.4 is 0 Å². The second-order valence-electron chi connectivity index (χ2n) is 6.30. The first-order valence-corrected chi connectivity index (χ1v) is 9.16. The molecular weight excluding hydrogens is 314 g/mol. The molecule has 0 aliphatic heterocycles. The zero-order valence-corrected chi connectivity index (χ0v) is 14.4. The smallest absolute Gasteiger partial charge is 0.165 e. The van der Waals surface area contributed by atoms with Crippen molar-refractivity contribution in [3.05, 3.63) is 35.5 Å². The molecule has 0 saturated carbocycles. The third-order valence-corrected chi connectivity index (χ3v) is 6.28. The summed E-state index contributed by atoms with van der Waals surface area (Å²) in [6.07, 6.45) is 3.28. The van der Waals surface area contributed by atoms with Crippen molar-refractivity contribution in [3.63, 3.8) is 0 Å². The molecule has 0 spiro atoms. The molecular formula is C17H19NO2S2. The largest absolute Gasteiger partial charge is 0.396 e. The molecule has 2 heterocycles. The Morgan fingerprint density at radius 2 is 2.18 bits per heavy atom. The van der Waals surface area contributed by atoms with Crippen LogP contribution in [0.4, 0.5) is 0 Å². The molecule has 0 radical (unpaired) electrons. The molecule has 3 nitrogen and oxygen atoms in total. The van der Waals surface area contributed by atoms with Crippen molar-refractivity contribution in [2.75, 3.05) is 12.4 Å². The number of fused-ring (bicyclic) bond motifs is 1. The van der Waals surface area contributed by atoms with Gasteiger partial charge in [-0.05, 0) is 29.5 Å². The predicted molar refractivity (Wildman–Crippen MR) is 91.8 cm³/mol. The number of thiophene rings is 1. The minimum Gasteiger partial charge on any atom is -0.396 e. The van der Waals surface area contributed by atoms with Crippen LogP contribution in [0, 0.1) is 5.41 Å². The lowest BCUT2D eigenvalue weighted by atomic mass is 9.74. The number of hydrogen-bond acceptors (Lipinski definition) is 5. The lowest BCUT2D eigenvalue weighted by Gasteiger charge is -2.29. The van der Waals surface area contributed by atoms with Crippen LogP contribution in [0.15, 0.2) is 28.6 Å². The van der Waals surface area contributed by atoms with E-state index in [1.165, 1.54) is 0 Å². The minimum atomic E-state index is -0.00635. The Morgan fingerprint density at radius 3 is 2.86 bits per heavy atom. The Balaban J connectivity index is 2.13. The molecule has 116 valence electrons. The van der Waals surface area contributed by atoms with Crippen molar-refractivity contribution < 1.29 is 9.90 Å². The molecule has 22 heavy (non-hydrogen) atoms. The van der Waals surface area contributed by atoms with Crippen molar-refractivity contribution in [3.8, 4) is 10.6 Å². The number of nitrogens with zero attached hydrogens (tertiary/aromatic N) is 1. The first kappa shape index (κ1) is 15.7. The molecule has 1 aliphatic rings. The van der Waals surface area contributed by atoms with Crippen LogP contribution in [0.3, 0.4) is 0 Å². The first-order valence-electron chi connectivity index (χ1n) is 7.36. The molecule has 1 N–H and O–H groups in total. The molecule has 0 fully saturated rings. The van der Waals surface area contributed by atoms with E-state index in [1.807, 2.05) is 18.2 Å². The minimum absolute atomic E-state index is 0.00635. The summed E-state index contributed by atoms with van der Waals surface area (Å²) in [6, 6.07) is 5.88. The van der Waals surface area contributed by atoms with E-state index in [4.69, 9.17) is 5.11 Å². The zero-order chi connectivity index (χ0) is 15.7. The maximum atomic E-state index is 12.6. The lowest BCUT2D eigenvalue weighted by Crippen LogP contribution is -2.26. The van der Waals surface area contributed by atoms with Crippen molar-refractivity contribution in [1.82, 2.24) is 4.98 Å². The van der Waals surface area contributed by atoms with E-state index in [0.29, 0.717) is 12.2 Å². The number of hydrogen-bond donors (Lipinski definition) is 1. The number of carbonyl (C=O) groups excluding carboxylic acids is 1. The first-order chi connectivity index (χ1) is 10.5. The van der Waals surface area contributed by atoms with Crippen molar-refractivity contribution >= 4 is 28.9 Å². The van der Waals surface area contributed by atoms with Crippen LogP contribution >= 0.6 is 23.1 Å². The van der Waals surface area contributed by atoms with Crippen LogP contribution in [0.1, 0.15) is 36.2 Å². The highest BCUT2D eigenvalue weighted by Gasteiger charge is 2.36. The van der Waals surface area contributed by atoms with E-state index < -0.39 is 0 Å². The van der Waals surface area contributed by atoms with E-state index >= 15 is 0 Å². The third kappa shape index (κ3) is 2.98. The number of rotatable bonds is 4. The van der Waals surface area contributed by atoms with Crippen LogP contribution in [-0.4, -0.2) is 28.2 Å². The summed E-state index contributed by atoms with van der Waals surface area (Å²) in [5.41, 5.74) is 2.95. The van der Waals surface area contributed by atoms with Crippen LogP contribution in [0.25, 0.3) is 10.6 Å². The molecule has 2 aromatic rings. The molecule has 0 atom stereocenters. The van der Waals surface area contributed by atoms with Crippen molar-refractivity contribution in [2.45, 2.75) is 30.9 Å². The van der Waals surface area contributed by atoms with Gasteiger partial charge in [0.1, 0.15) is 0 Å². The van der Waals surface area contributed by atoms with E-state index in [0.717, 1.165) is 32.3 Å². The average Bonchev–Trinajstić information content (AvgIpc) is 2.83. The summed E-state index contributed by atoms with van der Waals surface area (Å²) in [7, 11) is 0. The number of aliphatic hydroxyl groups is 1. The summed E-state index contributed by atoms with van der Waals surface area (Å²) < 4.78 is 1.03. The quantitative estimate of drug-likeness (QED) is 0.858. The Kier molecular flexibility index (Phi) is 4.39. The second kappa shape index (κ2) is 6.14. The van der Waals surface area contributed by atoms with Crippen LogP contribution in [0.5, 0.6) is 0 Å². The van der Waals surface area contributed by atoms with Gasteiger partial charge in [0, 0.05) is 23.9 Å². The number of carbonyl (C=O) groups is 1. The van der Waals surface area contributed by atoms with E-state index in [2.05, 4.69) is 18.8 Å². The molecule has 0 aromatic carbocycles. The Morgan fingerprint density at radius 1 is 1.36 bits per heavy atom. The SMILES string of the molecule is CC1(C)CC(=O)c2c(SCCO)sc(-c3ccccn3)c2C1. The Hall–Kier alpha value is -1.17. The maximum absolute atomic E-state index is 12.6. The predicted octanol–water partition coefficient (Wildman–Crippen LogP) is 4.05. The molecule has 1 aliphatic carbocycles. The molecule has 0 bridgehead atoms. The number of aliphatic hydroxyl groups excluding tert-OH is 1. The van der Waals surface area contributed by atoms with Gasteiger partial charge >= 0.3 is 0 Å². The fourth-order valence-electron chi connectivity index (χ4n) is 2.90. The van der Waals surface area contributed by atoms with E-state index in [1.54, 1.807) is 29.3 Å². The van der Waals surface area contributed by atoms with Gasteiger partial charge in [-0.15, -0.1) is 23.1 Å². The van der Waals surface area contributed by atoms with Gasteiger partial charge in [0.2, 0.25) is 0 Å². The molecule has 2 aromatic heterocycles. The van der Waals surface area contributed by atoms with Gasteiger partial charge in [0.25, 0.3) is 0 Å². The van der Waals surface area contributed by atoms with Gasteiger partial charge in [0.15, 0.2) is 5.78 Å². The number of thioether (sulfide) groups is 1. The van der Waals surface area contributed by atoms with E-state index in [-0.39, 0.29) is 17.8 Å². The number of pyridine rings is 1. The van der Waals surface area contributed by atoms with Gasteiger partial charge in [-0.2, -0.15) is 0 Å². The van der Waals surface area contributed by atoms with Gasteiger partial charge in [0.05, 0.1) is 21.4 Å². The fraction of sp³-hybridized carbons (Fsp3) is 0.412.